The Morgan fingerprint density at radius 3 is 2.75 bits per heavy atom. The van der Waals surface area contributed by atoms with Gasteiger partial charge >= 0.3 is 6.03 Å². The fourth-order valence-corrected chi connectivity index (χ4v) is 0.732. The van der Waals surface area contributed by atoms with Gasteiger partial charge in [-0.25, -0.2) is 4.79 Å². The van der Waals surface area contributed by atoms with Crippen LogP contribution in [0.15, 0.2) is 12.2 Å². The van der Waals surface area contributed by atoms with E-state index in [1.807, 2.05) is 12.2 Å². The molecule has 2 amide bonds. The number of rotatable bonds is 6. The van der Waals surface area contributed by atoms with E-state index < -0.39 is 6.03 Å². The fourth-order valence-electron chi connectivity index (χ4n) is 0.606. The Morgan fingerprint density at radius 1 is 1.42 bits per heavy atom. The van der Waals surface area contributed by atoms with Crippen molar-refractivity contribution >= 4 is 17.6 Å². The topological polar surface area (TPSA) is 67.2 Å². The first kappa shape index (κ1) is 11.3. The zero-order valence-corrected chi connectivity index (χ0v) is 7.60. The van der Waals surface area contributed by atoms with Crippen LogP contribution in [0.1, 0.15) is 0 Å². The largest absolute Gasteiger partial charge is 0.352 e. The van der Waals surface area contributed by atoms with Crippen molar-refractivity contribution in [1.29, 1.82) is 0 Å². The molecule has 0 aliphatic rings. The Balaban J connectivity index is 3.00. The summed E-state index contributed by atoms with van der Waals surface area (Å²) in [4.78, 5) is 10.2. The van der Waals surface area contributed by atoms with Crippen molar-refractivity contribution in [3.63, 3.8) is 0 Å². The van der Waals surface area contributed by atoms with E-state index in [-0.39, 0.29) is 0 Å². The minimum Gasteiger partial charge on any atom is -0.352 e. The monoisotopic (exact) mass is 191 g/mol. The van der Waals surface area contributed by atoms with Gasteiger partial charge in [0.05, 0.1) is 0 Å². The normalized spacial score (nSPS) is 10.4. The lowest BCUT2D eigenvalue weighted by molar-refractivity contribution is 0.249. The zero-order chi connectivity index (χ0) is 9.23. The molecule has 0 radical (unpaired) electrons. The highest BCUT2D eigenvalue weighted by atomic mass is 35.5. The third kappa shape index (κ3) is 9.26. The Kier molecular flexibility index (Phi) is 7.84. The number of amides is 2. The lowest BCUT2D eigenvalue weighted by Gasteiger charge is -2.01. The molecule has 0 aromatic carbocycles. The van der Waals surface area contributed by atoms with Crippen LogP contribution < -0.4 is 16.4 Å². The number of primary amides is 1. The Bertz CT molecular complexity index is 150. The van der Waals surface area contributed by atoms with Gasteiger partial charge in [-0.15, -0.1) is 11.6 Å². The fraction of sp³-hybridized carbons (Fsp3) is 0.571. The molecule has 0 rings (SSSR count). The Labute approximate surface area is 77.1 Å². The zero-order valence-electron chi connectivity index (χ0n) is 6.85. The van der Waals surface area contributed by atoms with Crippen molar-refractivity contribution in [2.24, 2.45) is 5.73 Å². The van der Waals surface area contributed by atoms with Crippen LogP contribution in [0.4, 0.5) is 4.79 Å². The lowest BCUT2D eigenvalue weighted by Crippen LogP contribution is -2.35. The first-order valence-electron chi connectivity index (χ1n) is 3.72. The van der Waals surface area contributed by atoms with E-state index in [1.54, 1.807) is 0 Å². The number of nitrogens with two attached hydrogens (primary N) is 1. The number of carbonyl (C=O) groups is 1. The van der Waals surface area contributed by atoms with Gasteiger partial charge in [0, 0.05) is 25.5 Å². The average Bonchev–Trinajstić information content (AvgIpc) is 2.02. The summed E-state index contributed by atoms with van der Waals surface area (Å²) in [7, 11) is 0. The van der Waals surface area contributed by atoms with E-state index in [9.17, 15) is 4.79 Å². The van der Waals surface area contributed by atoms with Crippen LogP contribution in [-0.4, -0.2) is 31.5 Å². The number of halogens is 1. The van der Waals surface area contributed by atoms with Gasteiger partial charge in [-0.1, -0.05) is 12.2 Å². The van der Waals surface area contributed by atoms with Crippen LogP contribution >= 0.6 is 11.6 Å². The van der Waals surface area contributed by atoms with Crippen molar-refractivity contribution in [2.75, 3.05) is 25.5 Å². The third-order valence-electron chi connectivity index (χ3n) is 1.12. The van der Waals surface area contributed by atoms with Gasteiger partial charge in [-0.3, -0.25) is 0 Å². The second-order valence-electron chi connectivity index (χ2n) is 2.12. The summed E-state index contributed by atoms with van der Waals surface area (Å²) in [6, 6.07) is -0.492. The predicted molar refractivity (Wildman–Crippen MR) is 50.3 cm³/mol. The first-order chi connectivity index (χ1) is 5.77. The Hall–Kier alpha value is -0.740. The number of nitrogens with one attached hydrogen (secondary N) is 2. The van der Waals surface area contributed by atoms with E-state index in [1.165, 1.54) is 0 Å². The minimum atomic E-state index is -0.492. The van der Waals surface area contributed by atoms with Crippen LogP contribution in [0.5, 0.6) is 0 Å². The van der Waals surface area contributed by atoms with Crippen molar-refractivity contribution in [2.45, 2.75) is 0 Å². The molecule has 0 saturated heterocycles. The second kappa shape index (κ2) is 8.36. The van der Waals surface area contributed by atoms with Gasteiger partial charge in [0.2, 0.25) is 0 Å². The maximum Gasteiger partial charge on any atom is 0.312 e. The molecule has 0 atom stereocenters. The van der Waals surface area contributed by atoms with Gasteiger partial charge in [0.15, 0.2) is 0 Å². The molecular formula is C7H14ClN3O. The summed E-state index contributed by atoms with van der Waals surface area (Å²) >= 11 is 5.40. The van der Waals surface area contributed by atoms with E-state index in [0.717, 1.165) is 6.54 Å². The van der Waals surface area contributed by atoms with Crippen molar-refractivity contribution in [3.8, 4) is 0 Å². The van der Waals surface area contributed by atoms with Crippen LogP contribution in [-0.2, 0) is 0 Å². The summed E-state index contributed by atoms with van der Waals surface area (Å²) in [5.74, 6) is 0.529. The molecule has 0 unspecified atom stereocenters. The number of hydrogen-bond acceptors (Lipinski definition) is 2. The number of carbonyl (C=O) groups excluding carboxylic acids is 1. The SMILES string of the molecule is NC(=O)NCCNC/C=C/CCl. The minimum absolute atomic E-state index is 0.492. The molecule has 0 aliphatic carbocycles. The van der Waals surface area contributed by atoms with Crippen LogP contribution in [0.25, 0.3) is 0 Å². The Morgan fingerprint density at radius 2 is 2.17 bits per heavy atom. The van der Waals surface area contributed by atoms with Gasteiger partial charge in [0.1, 0.15) is 0 Å². The summed E-state index contributed by atoms with van der Waals surface area (Å²) in [5, 5.41) is 5.52. The summed E-state index contributed by atoms with van der Waals surface area (Å²) in [6.07, 6.45) is 3.79. The molecule has 0 aliphatic heterocycles. The van der Waals surface area contributed by atoms with Crippen molar-refractivity contribution in [3.05, 3.63) is 12.2 Å². The number of hydrogen-bond donors (Lipinski definition) is 3. The molecule has 4 nitrogen and oxygen atoms in total. The van der Waals surface area contributed by atoms with E-state index in [0.29, 0.717) is 19.0 Å². The molecule has 0 aromatic rings. The number of allylic oxidation sites excluding steroid dienone is 1. The lowest BCUT2D eigenvalue weighted by atomic mass is 10.5. The molecule has 0 aromatic heterocycles. The van der Waals surface area contributed by atoms with Gasteiger partial charge in [0.25, 0.3) is 0 Å². The highest BCUT2D eigenvalue weighted by Gasteiger charge is 1.88. The van der Waals surface area contributed by atoms with Gasteiger partial charge < -0.3 is 16.4 Å². The molecule has 0 saturated carbocycles. The molecular weight excluding hydrogens is 178 g/mol. The maximum absolute atomic E-state index is 10.2. The average molecular weight is 192 g/mol. The summed E-state index contributed by atoms with van der Waals surface area (Å²) < 4.78 is 0. The van der Waals surface area contributed by atoms with Gasteiger partial charge in [-0.05, 0) is 0 Å². The quantitative estimate of drug-likeness (QED) is 0.315. The number of alkyl halides is 1. The molecule has 0 fully saturated rings. The van der Waals surface area contributed by atoms with E-state index in [2.05, 4.69) is 10.6 Å². The molecule has 0 heterocycles. The predicted octanol–water partition coefficient (Wildman–Crippen LogP) is 0.0393. The van der Waals surface area contributed by atoms with Crippen LogP contribution in [0.3, 0.4) is 0 Å². The van der Waals surface area contributed by atoms with E-state index in [4.69, 9.17) is 17.3 Å². The summed E-state index contributed by atoms with van der Waals surface area (Å²) in [6.45, 7) is 2.01. The van der Waals surface area contributed by atoms with Crippen molar-refractivity contribution < 1.29 is 4.79 Å². The van der Waals surface area contributed by atoms with Crippen LogP contribution in [0.2, 0.25) is 0 Å². The smallest absolute Gasteiger partial charge is 0.312 e. The molecule has 70 valence electrons. The van der Waals surface area contributed by atoms with Crippen molar-refractivity contribution in [1.82, 2.24) is 10.6 Å². The standard InChI is InChI=1S/C7H14ClN3O/c8-3-1-2-4-10-5-6-11-7(9)12/h1-2,10H,3-6H2,(H3,9,11,12)/b2-1+. The highest BCUT2D eigenvalue weighted by molar-refractivity contribution is 6.18. The second-order valence-corrected chi connectivity index (χ2v) is 2.43. The van der Waals surface area contributed by atoms with Crippen LogP contribution in [0, 0.1) is 0 Å². The third-order valence-corrected chi connectivity index (χ3v) is 1.30. The molecule has 0 bridgehead atoms. The number of urea groups is 1. The molecule has 5 heteroatoms. The molecule has 4 N–H and O–H groups in total. The first-order valence-corrected chi connectivity index (χ1v) is 4.26. The highest BCUT2D eigenvalue weighted by Crippen LogP contribution is 1.75. The van der Waals surface area contributed by atoms with Gasteiger partial charge in [-0.2, -0.15) is 0 Å². The maximum atomic E-state index is 10.2. The molecule has 12 heavy (non-hydrogen) atoms. The summed E-state index contributed by atoms with van der Waals surface area (Å²) in [5.41, 5.74) is 4.85. The van der Waals surface area contributed by atoms with E-state index >= 15 is 0 Å². The molecule has 0 spiro atoms.